The molecule has 1 unspecified atom stereocenters. The van der Waals surface area contributed by atoms with Gasteiger partial charge < -0.3 is 14.6 Å². The van der Waals surface area contributed by atoms with Gasteiger partial charge in [0.05, 0.1) is 11.4 Å². The van der Waals surface area contributed by atoms with Crippen LogP contribution in [-0.2, 0) is 11.4 Å². The van der Waals surface area contributed by atoms with Crippen LogP contribution in [0.5, 0.6) is 11.5 Å². The summed E-state index contributed by atoms with van der Waals surface area (Å²) in [7, 11) is 0. The molecule has 1 N–H and O–H groups in total. The van der Waals surface area contributed by atoms with Gasteiger partial charge in [-0.1, -0.05) is 17.7 Å². The minimum atomic E-state index is -0.706. The van der Waals surface area contributed by atoms with Gasteiger partial charge in [-0.05, 0) is 68.3 Å². The van der Waals surface area contributed by atoms with E-state index in [0.717, 1.165) is 52.2 Å². The normalized spacial score (nSPS) is 18.1. The molecule has 1 fully saturated rings. The molecule has 0 spiro atoms. The largest absolute Gasteiger partial charge is 0.489 e. The van der Waals surface area contributed by atoms with Crippen molar-refractivity contribution in [2.24, 2.45) is 5.92 Å². The van der Waals surface area contributed by atoms with E-state index in [2.05, 4.69) is 29.9 Å². The first-order chi connectivity index (χ1) is 16.4. The topological polar surface area (TPSA) is 76.8 Å². The molecule has 1 aromatic heterocycles. The maximum absolute atomic E-state index is 11.2. The SMILES string of the molecule is CC(C)n1nc(Cl)c2cc(COc3ccc4c(c3)OCC(CN3CCC(C(=O)O)C3)=C4)ccc21. The number of aliphatic carboxylic acids is 1. The monoisotopic (exact) mass is 481 g/mol. The van der Waals surface area contributed by atoms with Crippen LogP contribution in [0.1, 0.15) is 37.4 Å². The van der Waals surface area contributed by atoms with Crippen molar-refractivity contribution >= 4 is 34.5 Å². The van der Waals surface area contributed by atoms with Crippen LogP contribution in [0.25, 0.3) is 17.0 Å². The van der Waals surface area contributed by atoms with Crippen molar-refractivity contribution in [1.29, 1.82) is 0 Å². The van der Waals surface area contributed by atoms with E-state index < -0.39 is 5.97 Å². The van der Waals surface area contributed by atoms with Crippen molar-refractivity contribution in [3.05, 3.63) is 58.3 Å². The molecule has 178 valence electrons. The lowest BCUT2D eigenvalue weighted by Crippen LogP contribution is -2.27. The summed E-state index contributed by atoms with van der Waals surface area (Å²) in [5, 5.41) is 15.1. The molecule has 7 nitrogen and oxygen atoms in total. The molecular formula is C26H28ClN3O4. The summed E-state index contributed by atoms with van der Waals surface area (Å²) in [6.07, 6.45) is 2.85. The highest BCUT2D eigenvalue weighted by atomic mass is 35.5. The number of hydrogen-bond acceptors (Lipinski definition) is 5. The Hall–Kier alpha value is -3.03. The van der Waals surface area contributed by atoms with Crippen LogP contribution in [0.4, 0.5) is 0 Å². The molecule has 1 atom stereocenters. The number of halogens is 1. The highest BCUT2D eigenvalue weighted by Crippen LogP contribution is 2.32. The second-order valence-corrected chi connectivity index (χ2v) is 9.68. The first-order valence-corrected chi connectivity index (χ1v) is 12.0. The number of carbonyl (C=O) groups is 1. The van der Waals surface area contributed by atoms with Crippen LogP contribution in [0.15, 0.2) is 42.0 Å². The minimum absolute atomic E-state index is 0.235. The number of ether oxygens (including phenoxy) is 2. The number of likely N-dealkylation sites (tertiary alicyclic amines) is 1. The number of carboxylic acid groups (broad SMARTS) is 1. The van der Waals surface area contributed by atoms with Crippen LogP contribution in [0.2, 0.25) is 5.15 Å². The van der Waals surface area contributed by atoms with Gasteiger partial charge in [-0.25, -0.2) is 0 Å². The van der Waals surface area contributed by atoms with Gasteiger partial charge in [0, 0.05) is 36.1 Å². The molecule has 2 aliphatic heterocycles. The zero-order chi connectivity index (χ0) is 23.8. The molecule has 3 heterocycles. The van der Waals surface area contributed by atoms with E-state index in [-0.39, 0.29) is 12.0 Å². The van der Waals surface area contributed by atoms with Crippen LogP contribution in [0.3, 0.4) is 0 Å². The molecule has 0 radical (unpaired) electrons. The van der Waals surface area contributed by atoms with Gasteiger partial charge in [-0.15, -0.1) is 0 Å². The van der Waals surface area contributed by atoms with Crippen molar-refractivity contribution in [3.63, 3.8) is 0 Å². The second kappa shape index (κ2) is 9.31. The Morgan fingerprint density at radius 3 is 2.91 bits per heavy atom. The highest BCUT2D eigenvalue weighted by Gasteiger charge is 2.28. The summed E-state index contributed by atoms with van der Waals surface area (Å²) in [5.41, 5.74) is 4.20. The van der Waals surface area contributed by atoms with Crippen LogP contribution < -0.4 is 9.47 Å². The molecule has 34 heavy (non-hydrogen) atoms. The summed E-state index contributed by atoms with van der Waals surface area (Å²) in [4.78, 5) is 13.4. The Kier molecular flexibility index (Phi) is 6.23. The van der Waals surface area contributed by atoms with Gasteiger partial charge in [0.2, 0.25) is 0 Å². The summed E-state index contributed by atoms with van der Waals surface area (Å²) in [6, 6.07) is 12.2. The summed E-state index contributed by atoms with van der Waals surface area (Å²) < 4.78 is 14.0. The Morgan fingerprint density at radius 2 is 2.15 bits per heavy atom. The molecule has 5 rings (SSSR count). The van der Waals surface area contributed by atoms with Gasteiger partial charge >= 0.3 is 5.97 Å². The molecule has 3 aromatic rings. The predicted octanol–water partition coefficient (Wildman–Crippen LogP) is 5.03. The highest BCUT2D eigenvalue weighted by molar-refractivity contribution is 6.34. The fourth-order valence-corrected chi connectivity index (χ4v) is 4.87. The lowest BCUT2D eigenvalue weighted by molar-refractivity contribution is -0.141. The molecule has 1 saturated heterocycles. The number of hydrogen-bond donors (Lipinski definition) is 1. The molecule has 2 aromatic carbocycles. The Balaban J connectivity index is 1.23. The number of fused-ring (bicyclic) bond motifs is 2. The van der Waals surface area contributed by atoms with E-state index in [4.69, 9.17) is 21.1 Å². The van der Waals surface area contributed by atoms with Gasteiger partial charge in [-0.2, -0.15) is 5.10 Å². The third-order valence-electron chi connectivity index (χ3n) is 6.43. The average Bonchev–Trinajstić information content (AvgIpc) is 3.42. The zero-order valence-corrected chi connectivity index (χ0v) is 20.1. The lowest BCUT2D eigenvalue weighted by atomic mass is 10.1. The van der Waals surface area contributed by atoms with Gasteiger partial charge in [0.15, 0.2) is 5.15 Å². The minimum Gasteiger partial charge on any atom is -0.489 e. The summed E-state index contributed by atoms with van der Waals surface area (Å²) >= 11 is 6.35. The summed E-state index contributed by atoms with van der Waals surface area (Å²) in [5.74, 6) is 0.564. The maximum atomic E-state index is 11.2. The van der Waals surface area contributed by atoms with E-state index in [1.54, 1.807) is 0 Å². The lowest BCUT2D eigenvalue weighted by Gasteiger charge is -2.22. The first-order valence-electron chi connectivity index (χ1n) is 11.6. The smallest absolute Gasteiger partial charge is 0.307 e. The van der Waals surface area contributed by atoms with Crippen LogP contribution in [-0.4, -0.2) is 52.0 Å². The van der Waals surface area contributed by atoms with Crippen molar-refractivity contribution in [1.82, 2.24) is 14.7 Å². The third-order valence-corrected chi connectivity index (χ3v) is 6.71. The van der Waals surface area contributed by atoms with Crippen molar-refractivity contribution in [2.75, 3.05) is 26.2 Å². The quantitative estimate of drug-likeness (QED) is 0.510. The Labute approximate surface area is 203 Å². The number of aromatic nitrogens is 2. The van der Waals surface area contributed by atoms with Crippen LogP contribution in [0, 0.1) is 5.92 Å². The standard InChI is InChI=1S/C26H28ClN3O4/c1-16(2)30-23-6-3-17(10-22(23)25(27)28-30)14-33-21-5-4-19-9-18(15-34-24(19)11-21)12-29-8-7-20(13-29)26(31)32/h3-6,9-11,16,20H,7-8,12-15H2,1-2H3,(H,31,32). The maximum Gasteiger partial charge on any atom is 0.307 e. The summed E-state index contributed by atoms with van der Waals surface area (Å²) in [6.45, 7) is 7.22. The molecule has 0 amide bonds. The Morgan fingerprint density at radius 1 is 1.29 bits per heavy atom. The first kappa shape index (κ1) is 22.7. The Bertz CT molecular complexity index is 1270. The van der Waals surface area contributed by atoms with E-state index >= 15 is 0 Å². The number of rotatable bonds is 7. The molecule has 0 aliphatic carbocycles. The molecule has 0 bridgehead atoms. The molecule has 2 aliphatic rings. The van der Waals surface area contributed by atoms with Crippen LogP contribution >= 0.6 is 11.6 Å². The number of benzene rings is 2. The van der Waals surface area contributed by atoms with Gasteiger partial charge in [0.1, 0.15) is 24.7 Å². The van der Waals surface area contributed by atoms with E-state index in [9.17, 15) is 9.90 Å². The molecule has 8 heteroatoms. The van der Waals surface area contributed by atoms with Gasteiger partial charge in [0.25, 0.3) is 0 Å². The second-order valence-electron chi connectivity index (χ2n) is 9.32. The van der Waals surface area contributed by atoms with E-state index in [1.807, 2.05) is 41.1 Å². The molecular weight excluding hydrogens is 454 g/mol. The number of nitrogens with zero attached hydrogens (tertiary/aromatic N) is 3. The predicted molar refractivity (Wildman–Crippen MR) is 132 cm³/mol. The van der Waals surface area contributed by atoms with E-state index in [0.29, 0.717) is 31.3 Å². The fraction of sp³-hybridized carbons (Fsp3) is 0.385. The van der Waals surface area contributed by atoms with E-state index in [1.165, 1.54) is 0 Å². The molecule has 0 saturated carbocycles. The fourth-order valence-electron chi connectivity index (χ4n) is 4.64. The number of carboxylic acids is 1. The third kappa shape index (κ3) is 4.63. The van der Waals surface area contributed by atoms with Crippen molar-refractivity contribution in [2.45, 2.75) is 32.9 Å². The van der Waals surface area contributed by atoms with Crippen molar-refractivity contribution in [3.8, 4) is 11.5 Å². The van der Waals surface area contributed by atoms with Gasteiger partial charge in [-0.3, -0.25) is 14.4 Å². The van der Waals surface area contributed by atoms with Crippen molar-refractivity contribution < 1.29 is 19.4 Å². The average molecular weight is 482 g/mol. The zero-order valence-electron chi connectivity index (χ0n) is 19.3.